The van der Waals surface area contributed by atoms with Gasteiger partial charge in [0.05, 0.1) is 28.4 Å². The highest BCUT2D eigenvalue weighted by atomic mass is 35.5. The standard InChI is InChI=1S/C25H21Cl3N2O3/c1-4-13(2)14-6-8-22-21(9-14)30-25(33-22)15-5-7-18(27)20(10-15)29-24(31)17-11-16(26)12-19(28)23(17)32-3/h5-13H,4H2,1-3H3,(H,29,31)/t13-/m1/s1. The Morgan fingerprint density at radius 3 is 2.61 bits per heavy atom. The van der Waals surface area contributed by atoms with Crippen LogP contribution in [0.15, 0.2) is 52.9 Å². The van der Waals surface area contributed by atoms with E-state index in [4.69, 9.17) is 44.0 Å². The number of aromatic nitrogens is 1. The van der Waals surface area contributed by atoms with Gasteiger partial charge in [-0.3, -0.25) is 4.79 Å². The Morgan fingerprint density at radius 2 is 1.88 bits per heavy atom. The summed E-state index contributed by atoms with van der Waals surface area (Å²) in [5.74, 6) is 0.624. The first-order valence-corrected chi connectivity index (χ1v) is 11.5. The Balaban J connectivity index is 1.67. The molecule has 5 nitrogen and oxygen atoms in total. The van der Waals surface area contributed by atoms with Crippen molar-refractivity contribution in [2.75, 3.05) is 12.4 Å². The topological polar surface area (TPSA) is 64.4 Å². The predicted molar refractivity (Wildman–Crippen MR) is 134 cm³/mol. The smallest absolute Gasteiger partial charge is 0.259 e. The second-order valence-corrected chi connectivity index (χ2v) is 8.92. The van der Waals surface area contributed by atoms with Crippen molar-refractivity contribution in [3.8, 4) is 17.2 Å². The molecular weight excluding hydrogens is 483 g/mol. The lowest BCUT2D eigenvalue weighted by atomic mass is 9.98. The van der Waals surface area contributed by atoms with Crippen LogP contribution >= 0.6 is 34.8 Å². The summed E-state index contributed by atoms with van der Waals surface area (Å²) in [7, 11) is 1.43. The third-order valence-electron chi connectivity index (χ3n) is 5.51. The Hall–Kier alpha value is -2.73. The highest BCUT2D eigenvalue weighted by Gasteiger charge is 2.19. The molecule has 8 heteroatoms. The second kappa shape index (κ2) is 9.64. The molecule has 1 atom stereocenters. The minimum absolute atomic E-state index is 0.191. The molecule has 33 heavy (non-hydrogen) atoms. The normalized spacial score (nSPS) is 12.1. The molecule has 1 heterocycles. The van der Waals surface area contributed by atoms with Gasteiger partial charge < -0.3 is 14.5 Å². The summed E-state index contributed by atoms with van der Waals surface area (Å²) in [4.78, 5) is 17.6. The van der Waals surface area contributed by atoms with E-state index in [1.165, 1.54) is 24.8 Å². The van der Waals surface area contributed by atoms with E-state index in [9.17, 15) is 4.79 Å². The van der Waals surface area contributed by atoms with Gasteiger partial charge in [-0.05, 0) is 60.4 Å². The number of nitrogens with zero attached hydrogens (tertiary/aromatic N) is 1. The number of fused-ring (bicyclic) bond motifs is 1. The number of benzene rings is 3. The number of amides is 1. The van der Waals surface area contributed by atoms with E-state index in [2.05, 4.69) is 30.2 Å². The summed E-state index contributed by atoms with van der Waals surface area (Å²) >= 11 is 18.6. The van der Waals surface area contributed by atoms with Crippen molar-refractivity contribution < 1.29 is 13.9 Å². The average molecular weight is 504 g/mol. The highest BCUT2D eigenvalue weighted by Crippen LogP contribution is 2.35. The fourth-order valence-corrected chi connectivity index (χ4v) is 4.23. The Kier molecular flexibility index (Phi) is 6.84. The van der Waals surface area contributed by atoms with Crippen molar-refractivity contribution in [1.29, 1.82) is 0 Å². The van der Waals surface area contributed by atoms with Gasteiger partial charge in [0.1, 0.15) is 11.3 Å². The maximum atomic E-state index is 13.0. The minimum atomic E-state index is -0.467. The molecule has 0 bridgehead atoms. The summed E-state index contributed by atoms with van der Waals surface area (Å²) in [6.45, 7) is 4.33. The number of nitrogens with one attached hydrogen (secondary N) is 1. The zero-order chi connectivity index (χ0) is 23.7. The van der Waals surface area contributed by atoms with Crippen LogP contribution in [0.5, 0.6) is 5.75 Å². The Labute approximate surface area is 206 Å². The van der Waals surface area contributed by atoms with Crippen LogP contribution in [0.25, 0.3) is 22.6 Å². The summed E-state index contributed by atoms with van der Waals surface area (Å²) in [5.41, 5.74) is 3.93. The third kappa shape index (κ3) is 4.81. The van der Waals surface area contributed by atoms with Gasteiger partial charge in [0.15, 0.2) is 5.58 Å². The van der Waals surface area contributed by atoms with Crippen molar-refractivity contribution in [2.24, 2.45) is 0 Å². The van der Waals surface area contributed by atoms with Crippen LogP contribution in [-0.2, 0) is 0 Å². The number of oxazole rings is 1. The predicted octanol–water partition coefficient (Wildman–Crippen LogP) is 8.23. The molecule has 1 N–H and O–H groups in total. The molecule has 0 spiro atoms. The molecule has 1 amide bonds. The van der Waals surface area contributed by atoms with E-state index >= 15 is 0 Å². The number of methoxy groups -OCH3 is 1. The molecular formula is C25H21Cl3N2O3. The maximum Gasteiger partial charge on any atom is 0.259 e. The van der Waals surface area contributed by atoms with Crippen LogP contribution in [0.3, 0.4) is 0 Å². The zero-order valence-corrected chi connectivity index (χ0v) is 20.5. The Morgan fingerprint density at radius 1 is 1.09 bits per heavy atom. The number of anilines is 1. The molecule has 0 unspecified atom stereocenters. The molecule has 0 radical (unpaired) electrons. The molecule has 170 valence electrons. The molecule has 4 rings (SSSR count). The molecule has 0 fully saturated rings. The molecule has 4 aromatic rings. The second-order valence-electron chi connectivity index (χ2n) is 7.67. The fraction of sp³-hybridized carbons (Fsp3) is 0.200. The fourth-order valence-electron chi connectivity index (χ4n) is 3.49. The number of rotatable bonds is 6. The van der Waals surface area contributed by atoms with Crippen LogP contribution in [0.2, 0.25) is 15.1 Å². The Bertz CT molecular complexity index is 1350. The summed E-state index contributed by atoms with van der Waals surface area (Å²) in [6.07, 6.45) is 1.04. The van der Waals surface area contributed by atoms with Crippen molar-refractivity contribution in [1.82, 2.24) is 4.98 Å². The van der Waals surface area contributed by atoms with Gasteiger partial charge in [0, 0.05) is 10.6 Å². The quantitative estimate of drug-likeness (QED) is 0.288. The molecule has 0 aliphatic rings. The van der Waals surface area contributed by atoms with E-state index in [0.29, 0.717) is 38.7 Å². The minimum Gasteiger partial charge on any atom is -0.494 e. The van der Waals surface area contributed by atoms with Gasteiger partial charge >= 0.3 is 0 Å². The van der Waals surface area contributed by atoms with Crippen LogP contribution in [0, 0.1) is 0 Å². The number of hydrogen-bond acceptors (Lipinski definition) is 4. The average Bonchev–Trinajstić information content (AvgIpc) is 3.22. The first-order chi connectivity index (χ1) is 15.8. The first kappa shape index (κ1) is 23.4. The summed E-state index contributed by atoms with van der Waals surface area (Å²) in [5, 5.41) is 3.70. The molecule has 0 aliphatic carbocycles. The number of halogens is 3. The van der Waals surface area contributed by atoms with E-state index < -0.39 is 5.91 Å². The third-order valence-corrected chi connectivity index (χ3v) is 6.34. The number of carbonyl (C=O) groups excluding carboxylic acids is 1. The van der Waals surface area contributed by atoms with Gasteiger partial charge in [0.2, 0.25) is 5.89 Å². The van der Waals surface area contributed by atoms with E-state index in [1.54, 1.807) is 18.2 Å². The maximum absolute atomic E-state index is 13.0. The van der Waals surface area contributed by atoms with E-state index in [1.807, 2.05) is 12.1 Å². The zero-order valence-electron chi connectivity index (χ0n) is 18.2. The van der Waals surface area contributed by atoms with Gasteiger partial charge in [-0.2, -0.15) is 0 Å². The molecule has 0 saturated heterocycles. The van der Waals surface area contributed by atoms with Gasteiger partial charge in [0.25, 0.3) is 5.91 Å². The van der Waals surface area contributed by atoms with Crippen LogP contribution in [0.1, 0.15) is 42.1 Å². The van der Waals surface area contributed by atoms with Crippen LogP contribution in [0.4, 0.5) is 5.69 Å². The van der Waals surface area contributed by atoms with Crippen molar-refractivity contribution in [2.45, 2.75) is 26.2 Å². The van der Waals surface area contributed by atoms with Gasteiger partial charge in [-0.1, -0.05) is 54.7 Å². The van der Waals surface area contributed by atoms with E-state index in [-0.39, 0.29) is 16.3 Å². The van der Waals surface area contributed by atoms with Gasteiger partial charge in [-0.15, -0.1) is 0 Å². The lowest BCUT2D eigenvalue weighted by molar-refractivity contribution is 0.102. The van der Waals surface area contributed by atoms with Crippen molar-refractivity contribution >= 4 is 57.5 Å². The number of ether oxygens (including phenoxy) is 1. The summed E-state index contributed by atoms with van der Waals surface area (Å²) < 4.78 is 11.2. The van der Waals surface area contributed by atoms with Crippen LogP contribution in [-0.4, -0.2) is 18.0 Å². The SMILES string of the molecule is CC[C@@H](C)c1ccc2oc(-c3ccc(Cl)c(NC(=O)c4cc(Cl)cc(Cl)c4OC)c3)nc2c1. The molecule has 1 aromatic heterocycles. The van der Waals surface area contributed by atoms with Crippen molar-refractivity contribution in [3.05, 3.63) is 74.7 Å². The molecule has 0 saturated carbocycles. The lowest BCUT2D eigenvalue weighted by Gasteiger charge is -2.12. The molecule has 0 aliphatic heterocycles. The van der Waals surface area contributed by atoms with Gasteiger partial charge in [-0.25, -0.2) is 4.98 Å². The monoisotopic (exact) mass is 502 g/mol. The lowest BCUT2D eigenvalue weighted by Crippen LogP contribution is -2.14. The van der Waals surface area contributed by atoms with Crippen molar-refractivity contribution in [3.63, 3.8) is 0 Å². The van der Waals surface area contributed by atoms with E-state index in [0.717, 1.165) is 11.9 Å². The van der Waals surface area contributed by atoms with Crippen LogP contribution < -0.4 is 10.1 Å². The first-order valence-electron chi connectivity index (χ1n) is 10.4. The highest BCUT2D eigenvalue weighted by molar-refractivity contribution is 6.37. The molecule has 3 aromatic carbocycles. The number of hydrogen-bond donors (Lipinski definition) is 1. The summed E-state index contributed by atoms with van der Waals surface area (Å²) in [6, 6.07) is 14.2. The number of carbonyl (C=O) groups is 1. The largest absolute Gasteiger partial charge is 0.494 e.